The van der Waals surface area contributed by atoms with Crippen molar-refractivity contribution in [1.82, 2.24) is 19.8 Å². The van der Waals surface area contributed by atoms with Gasteiger partial charge in [0.05, 0.1) is 12.3 Å². The van der Waals surface area contributed by atoms with E-state index >= 15 is 4.39 Å². The summed E-state index contributed by atoms with van der Waals surface area (Å²) in [7, 11) is -0.536. The Kier molecular flexibility index (Phi) is 13.1. The Morgan fingerprint density at radius 2 is 1.64 bits per heavy atom. The van der Waals surface area contributed by atoms with Gasteiger partial charge in [-0.1, -0.05) is 71.7 Å². The fourth-order valence-corrected chi connectivity index (χ4v) is 16.7. The maximum absolute atomic E-state index is 18.0. The van der Waals surface area contributed by atoms with Gasteiger partial charge in [-0.3, -0.25) is 4.90 Å². The topological polar surface area (TPSA) is 86.2 Å². The lowest BCUT2D eigenvalue weighted by atomic mass is 9.86. The lowest BCUT2D eigenvalue weighted by Gasteiger charge is -2.39. The highest BCUT2D eigenvalue weighted by Crippen LogP contribution is 2.49. The van der Waals surface area contributed by atoms with Crippen LogP contribution in [0.15, 0.2) is 42.5 Å². The van der Waals surface area contributed by atoms with Crippen LogP contribution in [0.1, 0.15) is 124 Å². The van der Waals surface area contributed by atoms with Crippen LogP contribution in [0.3, 0.4) is 0 Å². The second-order valence-electron chi connectivity index (χ2n) is 21.1. The average Bonchev–Trinajstić information content (AvgIpc) is 3.79. The van der Waals surface area contributed by atoms with Gasteiger partial charge >= 0.3 is 12.1 Å². The van der Waals surface area contributed by atoms with Crippen LogP contribution >= 0.6 is 0 Å². The Morgan fingerprint density at radius 3 is 2.25 bits per heavy atom. The number of nitrogens with zero attached hydrogens (tertiary/aromatic N) is 4. The van der Waals surface area contributed by atoms with Crippen molar-refractivity contribution in [1.29, 1.82) is 0 Å². The number of alkyl halides is 1. The first-order valence-electron chi connectivity index (χ1n) is 23.6. The zero-order valence-corrected chi connectivity index (χ0v) is 40.7. The van der Waals surface area contributed by atoms with E-state index in [1.54, 1.807) is 7.11 Å². The number of piperidine rings is 1. The first-order chi connectivity index (χ1) is 30.4. The maximum Gasteiger partial charge on any atom is 0.410 e. The minimum Gasteiger partial charge on any atom is -0.468 e. The third-order valence-corrected chi connectivity index (χ3v) is 20.9. The van der Waals surface area contributed by atoms with Crippen molar-refractivity contribution in [2.45, 2.75) is 154 Å². The van der Waals surface area contributed by atoms with Crippen LogP contribution in [0.4, 0.5) is 13.6 Å². The fourth-order valence-electron chi connectivity index (χ4n) is 11.4. The lowest BCUT2D eigenvalue weighted by Crippen LogP contribution is -2.48. The summed E-state index contributed by atoms with van der Waals surface area (Å²) in [5.41, 5.74) is 7.33. The van der Waals surface area contributed by atoms with Gasteiger partial charge in [-0.2, -0.15) is 9.97 Å². The van der Waals surface area contributed by atoms with E-state index in [1.165, 1.54) is 0 Å². The van der Waals surface area contributed by atoms with Crippen molar-refractivity contribution < 1.29 is 32.5 Å². The molecule has 9 nitrogen and oxygen atoms in total. The van der Waals surface area contributed by atoms with Crippen LogP contribution in [0, 0.1) is 22.7 Å². The molecule has 0 radical (unpaired) electrons. The Labute approximate surface area is 380 Å². The van der Waals surface area contributed by atoms with Gasteiger partial charge in [0.2, 0.25) is 0 Å². The van der Waals surface area contributed by atoms with Gasteiger partial charge in [0.15, 0.2) is 12.6 Å². The van der Waals surface area contributed by atoms with E-state index < -0.39 is 25.7 Å². The fraction of sp³-hybridized carbons (Fsp3) is 0.596. The van der Waals surface area contributed by atoms with Crippen molar-refractivity contribution in [3.05, 3.63) is 59.5 Å². The molecular formula is C52H68F2N4O5Si. The molecule has 0 spiro atoms. The predicted octanol–water partition coefficient (Wildman–Crippen LogP) is 12.0. The molecule has 1 saturated carbocycles. The van der Waals surface area contributed by atoms with Crippen molar-refractivity contribution in [3.8, 4) is 34.4 Å². The monoisotopic (exact) mass is 894 g/mol. The van der Waals surface area contributed by atoms with E-state index in [0.717, 1.165) is 60.8 Å². The summed E-state index contributed by atoms with van der Waals surface area (Å²) in [6, 6.07) is 13.8. The third kappa shape index (κ3) is 9.23. The zero-order valence-electron chi connectivity index (χ0n) is 39.7. The number of carbonyl (C=O) groups excluding carboxylic acids is 1. The van der Waals surface area contributed by atoms with Gasteiger partial charge in [-0.15, -0.1) is 5.54 Å². The Bertz CT molecular complexity index is 2400. The number of methoxy groups -OCH3 is 1. The Balaban J connectivity index is 1.24. The first-order valence-corrected chi connectivity index (χ1v) is 25.9. The quantitative estimate of drug-likeness (QED) is 0.0745. The highest BCUT2D eigenvalue weighted by molar-refractivity contribution is 6.90. The minimum absolute atomic E-state index is 0.0174. The van der Waals surface area contributed by atoms with Gasteiger partial charge < -0.3 is 23.8 Å². The van der Waals surface area contributed by atoms with Crippen LogP contribution in [0.2, 0.25) is 16.6 Å². The molecule has 12 heteroatoms. The number of benzene rings is 3. The number of halogens is 2. The molecule has 2 bridgehead atoms. The van der Waals surface area contributed by atoms with Gasteiger partial charge in [0.25, 0.3) is 0 Å². The molecule has 4 heterocycles. The van der Waals surface area contributed by atoms with Gasteiger partial charge in [-0.25, -0.2) is 13.6 Å². The number of carbonyl (C=O) groups is 1. The molecule has 8 rings (SSSR count). The highest BCUT2D eigenvalue weighted by Gasteiger charge is 2.48. The molecule has 0 N–H and O–H groups in total. The number of ether oxygens (including phenoxy) is 4. The number of hydrogen-bond donors (Lipinski definition) is 0. The van der Waals surface area contributed by atoms with E-state index in [4.69, 9.17) is 28.9 Å². The number of likely N-dealkylation sites (tertiary alicyclic amines) is 1. The van der Waals surface area contributed by atoms with Crippen molar-refractivity contribution in [2.24, 2.45) is 5.41 Å². The summed E-state index contributed by atoms with van der Waals surface area (Å²) < 4.78 is 55.8. The molecule has 344 valence electrons. The van der Waals surface area contributed by atoms with Gasteiger partial charge in [0.1, 0.15) is 31.1 Å². The third-order valence-electron chi connectivity index (χ3n) is 14.6. The second-order valence-corrected chi connectivity index (χ2v) is 26.7. The standard InChI is InChI=1S/C52H68F2N4O5Si/c1-32(2)64(33(3)4,34(5)6)23-19-35-12-11-13-36-26-41(62-31-60-10)27-44(45(35)36)42-16-17-43-47(37-24-39-14-15-40(25-37)58(39)50(59)63-51(7,8)9)55-49(56-48(43)46(42)54)61-30-52(20-21-52)29-57-22-18-38(53)28-57/h11-13,16-17,26-27,32-34,37-40H,14-15,18,20-22,24-25,28-31H2,1-10H3/t37?,38-,39?,40?/m1/s1. The van der Waals surface area contributed by atoms with Crippen LogP contribution in [0.5, 0.6) is 11.8 Å². The maximum atomic E-state index is 18.0. The summed E-state index contributed by atoms with van der Waals surface area (Å²) >= 11 is 0. The summed E-state index contributed by atoms with van der Waals surface area (Å²) in [5.74, 6) is 3.70. The summed E-state index contributed by atoms with van der Waals surface area (Å²) in [4.78, 5) is 27.6. The van der Waals surface area contributed by atoms with E-state index in [2.05, 4.69) is 57.9 Å². The molecule has 3 aromatic carbocycles. The average molecular weight is 895 g/mol. The Hall–Kier alpha value is -4.31. The number of aromatic nitrogens is 2. The van der Waals surface area contributed by atoms with Gasteiger partial charge in [-0.05, 0) is 111 Å². The van der Waals surface area contributed by atoms with Crippen LogP contribution in [0.25, 0.3) is 32.8 Å². The number of amides is 1. The molecule has 4 aromatic rings. The van der Waals surface area contributed by atoms with Crippen molar-refractivity contribution in [2.75, 3.05) is 40.1 Å². The van der Waals surface area contributed by atoms with E-state index in [0.29, 0.717) is 71.3 Å². The molecule has 2 unspecified atom stereocenters. The van der Waals surface area contributed by atoms with Crippen LogP contribution in [-0.2, 0) is 9.47 Å². The summed E-state index contributed by atoms with van der Waals surface area (Å²) in [6.45, 7) is 21.9. The van der Waals surface area contributed by atoms with Crippen molar-refractivity contribution in [3.63, 3.8) is 0 Å². The van der Waals surface area contributed by atoms with Gasteiger partial charge in [0, 0.05) is 72.1 Å². The number of hydrogen-bond acceptors (Lipinski definition) is 8. The van der Waals surface area contributed by atoms with Crippen LogP contribution < -0.4 is 9.47 Å². The zero-order chi connectivity index (χ0) is 45.7. The highest BCUT2D eigenvalue weighted by atomic mass is 28.3. The molecule has 64 heavy (non-hydrogen) atoms. The summed E-state index contributed by atoms with van der Waals surface area (Å²) in [5, 5.41) is 2.36. The van der Waals surface area contributed by atoms with Crippen molar-refractivity contribution >= 4 is 35.8 Å². The first kappa shape index (κ1) is 46.2. The van der Waals surface area contributed by atoms with E-state index in [1.807, 2.05) is 68.1 Å². The minimum atomic E-state index is -2.11. The van der Waals surface area contributed by atoms with Crippen LogP contribution in [-0.4, -0.2) is 97.9 Å². The molecule has 3 saturated heterocycles. The molecule has 4 aliphatic rings. The molecule has 4 fully saturated rings. The number of rotatable bonds is 13. The molecule has 1 aliphatic carbocycles. The normalized spacial score (nSPS) is 22.1. The summed E-state index contributed by atoms with van der Waals surface area (Å²) in [6.07, 6.45) is 4.53. The molecule has 1 amide bonds. The lowest BCUT2D eigenvalue weighted by molar-refractivity contribution is 0.00570. The molecule has 3 atom stereocenters. The second kappa shape index (κ2) is 18.2. The Morgan fingerprint density at radius 1 is 0.938 bits per heavy atom. The molecule has 3 aliphatic heterocycles. The van der Waals surface area contributed by atoms with E-state index in [9.17, 15) is 9.18 Å². The number of fused-ring (bicyclic) bond motifs is 4. The predicted molar refractivity (Wildman–Crippen MR) is 253 cm³/mol. The smallest absolute Gasteiger partial charge is 0.410 e. The largest absolute Gasteiger partial charge is 0.468 e. The van der Waals surface area contributed by atoms with E-state index in [-0.39, 0.29) is 47.8 Å². The SMILES string of the molecule is COCOc1cc(-c2ccc3c(C4CC5CCC(C4)N5C(=O)OC(C)(C)C)nc(OCC4(CN5CC[C@@H](F)C5)CC4)nc3c2F)c2c(C#C[Si](C(C)C)(C(C)C)C(C)C)cccc2c1. The molecule has 1 aromatic heterocycles. The molecular weight excluding hydrogens is 827 g/mol.